The Labute approximate surface area is 102 Å². The topological polar surface area (TPSA) is 50.4 Å². The molecule has 0 aromatic heterocycles. The van der Waals surface area contributed by atoms with Crippen molar-refractivity contribution in [2.45, 2.75) is 19.4 Å². The van der Waals surface area contributed by atoms with Crippen molar-refractivity contribution in [2.24, 2.45) is 0 Å². The number of carbonyl (C=O) groups excluding carboxylic acids is 1. The van der Waals surface area contributed by atoms with Crippen LogP contribution in [0.3, 0.4) is 0 Å². The Hall–Kier alpha value is -1.55. The SMILES string of the molecule is CNc1ccc(C(=O)NCC(C)(C)OC)cc1. The highest BCUT2D eigenvalue weighted by atomic mass is 16.5. The van der Waals surface area contributed by atoms with Crippen LogP contribution < -0.4 is 10.6 Å². The largest absolute Gasteiger partial charge is 0.388 e. The summed E-state index contributed by atoms with van der Waals surface area (Å²) >= 11 is 0. The van der Waals surface area contributed by atoms with Gasteiger partial charge in [-0.25, -0.2) is 0 Å². The van der Waals surface area contributed by atoms with Crippen LogP contribution in [0.5, 0.6) is 0 Å². The first-order valence-electron chi connectivity index (χ1n) is 5.59. The number of hydrogen-bond donors (Lipinski definition) is 2. The van der Waals surface area contributed by atoms with Crippen molar-refractivity contribution < 1.29 is 9.53 Å². The minimum absolute atomic E-state index is 0.0854. The summed E-state index contributed by atoms with van der Waals surface area (Å²) in [5.41, 5.74) is 1.29. The molecule has 1 rings (SSSR count). The van der Waals surface area contributed by atoms with Crippen LogP contribution in [0.4, 0.5) is 5.69 Å². The molecule has 0 unspecified atom stereocenters. The van der Waals surface area contributed by atoms with Gasteiger partial charge >= 0.3 is 0 Å². The highest BCUT2D eigenvalue weighted by molar-refractivity contribution is 5.94. The van der Waals surface area contributed by atoms with Crippen LogP contribution in [0.15, 0.2) is 24.3 Å². The zero-order valence-electron chi connectivity index (χ0n) is 10.8. The second kappa shape index (κ2) is 5.68. The van der Waals surface area contributed by atoms with Crippen LogP contribution in [-0.2, 0) is 4.74 Å². The van der Waals surface area contributed by atoms with Crippen LogP contribution in [-0.4, -0.2) is 32.2 Å². The third-order valence-electron chi connectivity index (χ3n) is 2.66. The zero-order chi connectivity index (χ0) is 12.9. The maximum absolute atomic E-state index is 11.8. The molecule has 0 aliphatic carbocycles. The van der Waals surface area contributed by atoms with Crippen molar-refractivity contribution in [3.05, 3.63) is 29.8 Å². The summed E-state index contributed by atoms with van der Waals surface area (Å²) in [5, 5.41) is 5.85. The molecule has 1 aromatic carbocycles. The van der Waals surface area contributed by atoms with E-state index in [0.29, 0.717) is 12.1 Å². The van der Waals surface area contributed by atoms with Crippen molar-refractivity contribution >= 4 is 11.6 Å². The van der Waals surface area contributed by atoms with Crippen molar-refractivity contribution in [3.63, 3.8) is 0 Å². The lowest BCUT2D eigenvalue weighted by atomic mass is 10.1. The highest BCUT2D eigenvalue weighted by Gasteiger charge is 2.17. The van der Waals surface area contributed by atoms with E-state index in [2.05, 4.69) is 10.6 Å². The van der Waals surface area contributed by atoms with Crippen molar-refractivity contribution in [1.29, 1.82) is 0 Å². The molecule has 0 aliphatic rings. The van der Waals surface area contributed by atoms with E-state index in [4.69, 9.17) is 4.74 Å². The van der Waals surface area contributed by atoms with E-state index in [0.717, 1.165) is 5.69 Å². The average Bonchev–Trinajstić information content (AvgIpc) is 2.36. The summed E-state index contributed by atoms with van der Waals surface area (Å²) in [6.07, 6.45) is 0. The van der Waals surface area contributed by atoms with E-state index in [-0.39, 0.29) is 11.5 Å². The molecule has 0 saturated carbocycles. The summed E-state index contributed by atoms with van der Waals surface area (Å²) < 4.78 is 5.24. The number of amides is 1. The fourth-order valence-electron chi connectivity index (χ4n) is 1.26. The number of benzene rings is 1. The minimum atomic E-state index is -0.347. The second-order valence-electron chi connectivity index (χ2n) is 4.47. The summed E-state index contributed by atoms with van der Waals surface area (Å²) in [4.78, 5) is 11.8. The fraction of sp³-hybridized carbons (Fsp3) is 0.462. The normalized spacial score (nSPS) is 11.1. The number of ether oxygens (including phenoxy) is 1. The molecule has 94 valence electrons. The van der Waals surface area contributed by atoms with Gasteiger partial charge in [0.1, 0.15) is 0 Å². The van der Waals surface area contributed by atoms with Crippen LogP contribution in [0.25, 0.3) is 0 Å². The molecule has 0 aliphatic heterocycles. The van der Waals surface area contributed by atoms with Crippen LogP contribution in [0.2, 0.25) is 0 Å². The molecule has 1 amide bonds. The summed E-state index contributed by atoms with van der Waals surface area (Å²) in [6.45, 7) is 4.34. The maximum Gasteiger partial charge on any atom is 0.251 e. The molecule has 0 atom stereocenters. The second-order valence-corrected chi connectivity index (χ2v) is 4.47. The van der Waals surface area contributed by atoms with E-state index in [1.54, 1.807) is 19.2 Å². The van der Waals surface area contributed by atoms with Gasteiger partial charge < -0.3 is 15.4 Å². The van der Waals surface area contributed by atoms with Gasteiger partial charge in [-0.3, -0.25) is 4.79 Å². The summed E-state index contributed by atoms with van der Waals surface area (Å²) in [7, 11) is 3.48. The van der Waals surface area contributed by atoms with Crippen molar-refractivity contribution in [2.75, 3.05) is 26.0 Å². The Morgan fingerprint density at radius 3 is 2.35 bits per heavy atom. The van der Waals surface area contributed by atoms with Gasteiger partial charge in [-0.05, 0) is 38.1 Å². The highest BCUT2D eigenvalue weighted by Crippen LogP contribution is 2.09. The molecule has 0 fully saturated rings. The molecule has 2 N–H and O–H groups in total. The van der Waals surface area contributed by atoms with Gasteiger partial charge in [0.15, 0.2) is 0 Å². The number of rotatable bonds is 5. The first-order chi connectivity index (χ1) is 7.98. The zero-order valence-corrected chi connectivity index (χ0v) is 10.8. The van der Waals surface area contributed by atoms with E-state index in [9.17, 15) is 4.79 Å². The Morgan fingerprint density at radius 1 is 1.29 bits per heavy atom. The predicted octanol–water partition coefficient (Wildman–Crippen LogP) is 1.88. The third-order valence-corrected chi connectivity index (χ3v) is 2.66. The molecule has 0 bridgehead atoms. The van der Waals surface area contributed by atoms with Gasteiger partial charge in [0.2, 0.25) is 0 Å². The van der Waals surface area contributed by atoms with E-state index in [1.165, 1.54) is 0 Å². The van der Waals surface area contributed by atoms with Gasteiger partial charge in [0.25, 0.3) is 5.91 Å². The Kier molecular flexibility index (Phi) is 4.52. The Morgan fingerprint density at radius 2 is 1.88 bits per heavy atom. The molecule has 0 spiro atoms. The van der Waals surface area contributed by atoms with Crippen LogP contribution >= 0.6 is 0 Å². The fourth-order valence-corrected chi connectivity index (χ4v) is 1.26. The first-order valence-corrected chi connectivity index (χ1v) is 5.59. The van der Waals surface area contributed by atoms with Gasteiger partial charge in [0, 0.05) is 32.0 Å². The summed E-state index contributed by atoms with van der Waals surface area (Å²) in [5.74, 6) is -0.0854. The van der Waals surface area contributed by atoms with Gasteiger partial charge in [-0.2, -0.15) is 0 Å². The number of carbonyl (C=O) groups is 1. The van der Waals surface area contributed by atoms with Gasteiger partial charge in [-0.1, -0.05) is 0 Å². The number of methoxy groups -OCH3 is 1. The molecule has 4 heteroatoms. The Balaban J connectivity index is 2.58. The maximum atomic E-state index is 11.8. The third kappa shape index (κ3) is 4.07. The smallest absolute Gasteiger partial charge is 0.251 e. The van der Waals surface area contributed by atoms with Gasteiger partial charge in [-0.15, -0.1) is 0 Å². The molecule has 4 nitrogen and oxygen atoms in total. The molecular weight excluding hydrogens is 216 g/mol. The minimum Gasteiger partial charge on any atom is -0.388 e. The molecular formula is C13H20N2O2. The number of nitrogens with one attached hydrogen (secondary N) is 2. The van der Waals surface area contributed by atoms with Crippen LogP contribution in [0, 0.1) is 0 Å². The van der Waals surface area contributed by atoms with Crippen molar-refractivity contribution in [3.8, 4) is 0 Å². The molecule has 0 saturated heterocycles. The van der Waals surface area contributed by atoms with Gasteiger partial charge in [0.05, 0.1) is 5.60 Å². The van der Waals surface area contributed by atoms with E-state index < -0.39 is 0 Å². The molecule has 0 radical (unpaired) electrons. The van der Waals surface area contributed by atoms with E-state index in [1.807, 2.05) is 33.0 Å². The summed E-state index contributed by atoms with van der Waals surface area (Å²) in [6, 6.07) is 7.33. The van der Waals surface area contributed by atoms with Crippen molar-refractivity contribution in [1.82, 2.24) is 5.32 Å². The standard InChI is InChI=1S/C13H20N2O2/c1-13(2,17-4)9-15-12(16)10-5-7-11(14-3)8-6-10/h5-8,14H,9H2,1-4H3,(H,15,16). The number of hydrogen-bond acceptors (Lipinski definition) is 3. The quantitative estimate of drug-likeness (QED) is 0.820. The predicted molar refractivity (Wildman–Crippen MR) is 69.4 cm³/mol. The molecule has 1 aromatic rings. The monoisotopic (exact) mass is 236 g/mol. The number of anilines is 1. The average molecular weight is 236 g/mol. The van der Waals surface area contributed by atoms with E-state index >= 15 is 0 Å². The lowest BCUT2D eigenvalue weighted by Crippen LogP contribution is -2.39. The first kappa shape index (κ1) is 13.5. The molecule has 17 heavy (non-hydrogen) atoms. The van der Waals surface area contributed by atoms with Crippen LogP contribution in [0.1, 0.15) is 24.2 Å². The lowest BCUT2D eigenvalue weighted by Gasteiger charge is -2.23. The Bertz CT molecular complexity index is 372. The lowest BCUT2D eigenvalue weighted by molar-refractivity contribution is 0.0229. The molecule has 0 heterocycles.